The van der Waals surface area contributed by atoms with Crippen LogP contribution in [0.3, 0.4) is 0 Å². The molecule has 114 valence electrons. The Balaban J connectivity index is 1.43. The zero-order valence-electron chi connectivity index (χ0n) is 12.9. The lowest BCUT2D eigenvalue weighted by Crippen LogP contribution is -2.05. The van der Waals surface area contributed by atoms with Gasteiger partial charge in [-0.05, 0) is 30.0 Å². The molecule has 3 nitrogen and oxygen atoms in total. The van der Waals surface area contributed by atoms with E-state index in [1.165, 1.54) is 5.56 Å². The van der Waals surface area contributed by atoms with Gasteiger partial charge in [0.2, 0.25) is 0 Å². The molecule has 0 saturated heterocycles. The highest BCUT2D eigenvalue weighted by molar-refractivity contribution is 5.72. The van der Waals surface area contributed by atoms with Gasteiger partial charge in [0.15, 0.2) is 11.5 Å². The third-order valence-corrected chi connectivity index (χ3v) is 3.73. The van der Waals surface area contributed by atoms with Gasteiger partial charge in [-0.25, -0.2) is 4.98 Å². The summed E-state index contributed by atoms with van der Waals surface area (Å²) in [6.45, 7) is 3.65. The smallest absolute Gasteiger partial charge is 0.195 e. The zero-order chi connectivity index (χ0) is 15.2. The molecule has 3 heteroatoms. The van der Waals surface area contributed by atoms with Crippen LogP contribution >= 0.6 is 0 Å². The van der Waals surface area contributed by atoms with Crippen LogP contribution in [0.2, 0.25) is 0 Å². The van der Waals surface area contributed by atoms with Crippen LogP contribution in [0.1, 0.15) is 24.8 Å². The van der Waals surface area contributed by atoms with Gasteiger partial charge < -0.3 is 9.15 Å². The fraction of sp³-hybridized carbons (Fsp3) is 0.316. The van der Waals surface area contributed by atoms with E-state index in [2.05, 4.69) is 24.0 Å². The van der Waals surface area contributed by atoms with Gasteiger partial charge in [-0.15, -0.1) is 0 Å². The van der Waals surface area contributed by atoms with Crippen LogP contribution < -0.4 is 0 Å². The summed E-state index contributed by atoms with van der Waals surface area (Å²) in [4.78, 5) is 4.52. The first-order valence-electron chi connectivity index (χ1n) is 7.77. The normalized spacial score (nSPS) is 12.6. The fourth-order valence-corrected chi connectivity index (χ4v) is 2.46. The molecular formula is C19H21NO2. The number of oxazole rings is 1. The summed E-state index contributed by atoms with van der Waals surface area (Å²) in [7, 11) is 0. The van der Waals surface area contributed by atoms with Crippen LogP contribution in [-0.2, 0) is 17.8 Å². The Bertz CT molecular complexity index is 673. The van der Waals surface area contributed by atoms with Crippen molar-refractivity contribution in [2.24, 2.45) is 5.92 Å². The Kier molecular flexibility index (Phi) is 4.86. The number of aromatic nitrogens is 1. The minimum Gasteiger partial charge on any atom is -0.441 e. The highest BCUT2D eigenvalue weighted by atomic mass is 16.5. The van der Waals surface area contributed by atoms with E-state index in [9.17, 15) is 0 Å². The third kappa shape index (κ3) is 3.95. The average molecular weight is 295 g/mol. The molecule has 0 unspecified atom stereocenters. The van der Waals surface area contributed by atoms with Crippen molar-refractivity contribution in [3.8, 4) is 0 Å². The Labute approximate surface area is 130 Å². The summed E-state index contributed by atoms with van der Waals surface area (Å²) >= 11 is 0. The second-order valence-corrected chi connectivity index (χ2v) is 5.71. The van der Waals surface area contributed by atoms with Gasteiger partial charge in [0.1, 0.15) is 5.52 Å². The molecule has 0 saturated carbocycles. The maximum atomic E-state index is 5.76. The molecule has 3 rings (SSSR count). The van der Waals surface area contributed by atoms with Gasteiger partial charge in [0, 0.05) is 13.0 Å². The first-order chi connectivity index (χ1) is 10.8. The highest BCUT2D eigenvalue weighted by Crippen LogP contribution is 2.18. The monoisotopic (exact) mass is 295 g/mol. The molecule has 0 amide bonds. The number of nitrogens with zero attached hydrogens (tertiary/aromatic N) is 1. The maximum absolute atomic E-state index is 5.76. The molecule has 0 bridgehead atoms. The number of para-hydroxylation sites is 2. The number of ether oxygens (including phenoxy) is 1. The van der Waals surface area contributed by atoms with Crippen LogP contribution in [0, 0.1) is 5.92 Å². The van der Waals surface area contributed by atoms with E-state index in [0.717, 1.165) is 36.4 Å². The lowest BCUT2D eigenvalue weighted by Gasteiger charge is -2.09. The van der Waals surface area contributed by atoms with Gasteiger partial charge in [-0.1, -0.05) is 49.4 Å². The Morgan fingerprint density at radius 3 is 2.64 bits per heavy atom. The number of hydrogen-bond acceptors (Lipinski definition) is 3. The molecular weight excluding hydrogens is 274 g/mol. The van der Waals surface area contributed by atoms with Crippen LogP contribution in [0.5, 0.6) is 0 Å². The Hall–Kier alpha value is -2.13. The van der Waals surface area contributed by atoms with Crippen LogP contribution in [0.15, 0.2) is 59.0 Å². The number of rotatable bonds is 7. The lowest BCUT2D eigenvalue weighted by atomic mass is 10.0. The lowest BCUT2D eigenvalue weighted by molar-refractivity contribution is 0.108. The second kappa shape index (κ2) is 7.23. The summed E-state index contributed by atoms with van der Waals surface area (Å²) in [6.07, 6.45) is 1.86. The molecule has 0 radical (unpaired) electrons. The van der Waals surface area contributed by atoms with Crippen LogP contribution in [-0.4, -0.2) is 11.6 Å². The van der Waals surface area contributed by atoms with E-state index in [0.29, 0.717) is 12.5 Å². The van der Waals surface area contributed by atoms with Crippen molar-refractivity contribution >= 4 is 11.1 Å². The first-order valence-corrected chi connectivity index (χ1v) is 7.77. The highest BCUT2D eigenvalue weighted by Gasteiger charge is 2.10. The summed E-state index contributed by atoms with van der Waals surface area (Å²) in [5, 5.41) is 0. The van der Waals surface area contributed by atoms with E-state index in [1.807, 2.05) is 42.5 Å². The van der Waals surface area contributed by atoms with E-state index in [1.54, 1.807) is 0 Å². The fourth-order valence-electron chi connectivity index (χ4n) is 2.46. The largest absolute Gasteiger partial charge is 0.441 e. The minimum atomic E-state index is 0.490. The third-order valence-electron chi connectivity index (χ3n) is 3.73. The molecule has 0 N–H and O–H groups in total. The van der Waals surface area contributed by atoms with Crippen molar-refractivity contribution in [3.05, 3.63) is 66.1 Å². The van der Waals surface area contributed by atoms with Crippen molar-refractivity contribution < 1.29 is 9.15 Å². The molecule has 3 aromatic rings. The standard InChI is InChI=1S/C19H21NO2/c1-15(11-12-21-14-16-7-3-2-4-8-16)13-19-20-17-9-5-6-10-18(17)22-19/h2-10,15H,11-14H2,1H3/t15-/m0/s1. The Morgan fingerprint density at radius 1 is 1.05 bits per heavy atom. The minimum absolute atomic E-state index is 0.490. The summed E-state index contributed by atoms with van der Waals surface area (Å²) < 4.78 is 11.5. The van der Waals surface area contributed by atoms with Crippen LogP contribution in [0.4, 0.5) is 0 Å². The van der Waals surface area contributed by atoms with Crippen molar-refractivity contribution in [2.75, 3.05) is 6.61 Å². The summed E-state index contributed by atoms with van der Waals surface area (Å²) in [6, 6.07) is 18.2. The molecule has 1 aromatic heterocycles. The van der Waals surface area contributed by atoms with E-state index < -0.39 is 0 Å². The molecule has 0 aliphatic heterocycles. The van der Waals surface area contributed by atoms with E-state index >= 15 is 0 Å². The number of fused-ring (bicyclic) bond motifs is 1. The van der Waals surface area contributed by atoms with Crippen molar-refractivity contribution in [3.63, 3.8) is 0 Å². The predicted octanol–water partition coefficient (Wildman–Crippen LogP) is 4.61. The van der Waals surface area contributed by atoms with Crippen molar-refractivity contribution in [1.29, 1.82) is 0 Å². The number of benzene rings is 2. The predicted molar refractivity (Wildman–Crippen MR) is 87.6 cm³/mol. The Morgan fingerprint density at radius 2 is 1.82 bits per heavy atom. The topological polar surface area (TPSA) is 35.3 Å². The van der Waals surface area contributed by atoms with Crippen molar-refractivity contribution in [1.82, 2.24) is 4.98 Å². The molecule has 0 aliphatic carbocycles. The molecule has 2 aromatic carbocycles. The summed E-state index contributed by atoms with van der Waals surface area (Å²) in [5.74, 6) is 1.31. The maximum Gasteiger partial charge on any atom is 0.195 e. The molecule has 0 spiro atoms. The SMILES string of the molecule is C[C@@H](CCOCc1ccccc1)Cc1nc2ccccc2o1. The number of hydrogen-bond donors (Lipinski definition) is 0. The molecule has 0 fully saturated rings. The first kappa shape index (κ1) is 14.8. The van der Waals surface area contributed by atoms with Gasteiger partial charge in [-0.2, -0.15) is 0 Å². The van der Waals surface area contributed by atoms with Crippen molar-refractivity contribution in [2.45, 2.75) is 26.4 Å². The van der Waals surface area contributed by atoms with Crippen LogP contribution in [0.25, 0.3) is 11.1 Å². The van der Waals surface area contributed by atoms with Gasteiger partial charge in [0.25, 0.3) is 0 Å². The molecule has 0 aliphatic rings. The molecule has 1 atom stereocenters. The van der Waals surface area contributed by atoms with Gasteiger partial charge >= 0.3 is 0 Å². The quantitative estimate of drug-likeness (QED) is 0.597. The van der Waals surface area contributed by atoms with E-state index in [-0.39, 0.29) is 0 Å². The van der Waals surface area contributed by atoms with E-state index in [4.69, 9.17) is 9.15 Å². The van der Waals surface area contributed by atoms with Gasteiger partial charge in [-0.3, -0.25) is 0 Å². The molecule has 22 heavy (non-hydrogen) atoms. The van der Waals surface area contributed by atoms with Gasteiger partial charge in [0.05, 0.1) is 6.61 Å². The second-order valence-electron chi connectivity index (χ2n) is 5.71. The zero-order valence-corrected chi connectivity index (χ0v) is 12.9. The molecule has 1 heterocycles. The average Bonchev–Trinajstić information content (AvgIpc) is 2.94. The summed E-state index contributed by atoms with van der Waals surface area (Å²) in [5.41, 5.74) is 3.02.